The first kappa shape index (κ1) is 17.3. The molecule has 2 aromatic carbocycles. The largest absolute Gasteiger partial charge is 0.545 e. The Morgan fingerprint density at radius 1 is 1.25 bits per heavy atom. The fourth-order valence-corrected chi connectivity index (χ4v) is 1.99. The Bertz CT molecular complexity index is 729. The number of benzene rings is 2. The van der Waals surface area contributed by atoms with Crippen LogP contribution >= 0.6 is 0 Å². The molecular formula is C18H19N2O4-. The molecule has 2 rings (SSSR count). The third kappa shape index (κ3) is 4.74. The Morgan fingerprint density at radius 2 is 2.08 bits per heavy atom. The number of nitrogens with zero attached hydrogens (tertiary/aromatic N) is 1. The molecule has 0 heterocycles. The lowest BCUT2D eigenvalue weighted by molar-refractivity contribution is -0.255. The Morgan fingerprint density at radius 3 is 2.79 bits per heavy atom. The minimum Gasteiger partial charge on any atom is -0.545 e. The van der Waals surface area contributed by atoms with Gasteiger partial charge in [0.05, 0.1) is 31.6 Å². The molecular weight excluding hydrogens is 308 g/mol. The zero-order valence-electron chi connectivity index (χ0n) is 13.6. The zero-order chi connectivity index (χ0) is 17.4. The summed E-state index contributed by atoms with van der Waals surface area (Å²) in [5.74, 6) is 0.0903. The molecule has 0 radical (unpaired) electrons. The lowest BCUT2D eigenvalue weighted by Gasteiger charge is -2.10. The van der Waals surface area contributed by atoms with Crippen LogP contribution in [0.4, 0.5) is 5.69 Å². The molecule has 6 heteroatoms. The van der Waals surface area contributed by atoms with Crippen molar-refractivity contribution in [2.24, 2.45) is 5.10 Å². The van der Waals surface area contributed by atoms with E-state index in [0.717, 1.165) is 12.0 Å². The smallest absolute Gasteiger partial charge is 0.161 e. The summed E-state index contributed by atoms with van der Waals surface area (Å²) >= 11 is 0. The maximum Gasteiger partial charge on any atom is 0.161 e. The fraction of sp³-hybridized carbons (Fsp3) is 0.222. The van der Waals surface area contributed by atoms with Crippen LogP contribution in [0.2, 0.25) is 0 Å². The van der Waals surface area contributed by atoms with Crippen molar-refractivity contribution in [3.63, 3.8) is 0 Å². The summed E-state index contributed by atoms with van der Waals surface area (Å²) < 4.78 is 10.9. The Labute approximate surface area is 140 Å². The number of carbonyl (C=O) groups excluding carboxylic acids is 1. The molecule has 0 aliphatic rings. The highest BCUT2D eigenvalue weighted by Crippen LogP contribution is 2.27. The monoisotopic (exact) mass is 327 g/mol. The molecule has 0 unspecified atom stereocenters. The molecule has 0 spiro atoms. The molecule has 0 atom stereocenters. The van der Waals surface area contributed by atoms with Crippen molar-refractivity contribution in [1.82, 2.24) is 0 Å². The van der Waals surface area contributed by atoms with Crippen molar-refractivity contribution in [2.75, 3.05) is 19.1 Å². The molecule has 0 aromatic heterocycles. The lowest BCUT2D eigenvalue weighted by atomic mass is 10.2. The van der Waals surface area contributed by atoms with Gasteiger partial charge in [-0.15, -0.1) is 0 Å². The SMILES string of the molecule is CCCOc1ccc(C=NNc2cccc(C(=O)[O-])c2)cc1OC. The minimum atomic E-state index is -1.23. The van der Waals surface area contributed by atoms with E-state index < -0.39 is 5.97 Å². The zero-order valence-corrected chi connectivity index (χ0v) is 13.6. The molecule has 0 saturated carbocycles. The van der Waals surface area contributed by atoms with Crippen LogP contribution in [0.15, 0.2) is 47.6 Å². The number of hydrogen-bond acceptors (Lipinski definition) is 6. The van der Waals surface area contributed by atoms with E-state index in [2.05, 4.69) is 10.5 Å². The standard InChI is InChI=1S/C18H20N2O4/c1-3-9-24-16-8-7-13(10-17(16)23-2)12-19-20-15-6-4-5-14(11-15)18(21)22/h4-8,10-12,20H,3,9H2,1-2H3,(H,21,22)/p-1. The first-order valence-electron chi connectivity index (χ1n) is 7.55. The van der Waals surface area contributed by atoms with Crippen molar-refractivity contribution in [1.29, 1.82) is 0 Å². The molecule has 0 bridgehead atoms. The second-order valence-corrected chi connectivity index (χ2v) is 5.00. The van der Waals surface area contributed by atoms with Crippen molar-refractivity contribution in [2.45, 2.75) is 13.3 Å². The van der Waals surface area contributed by atoms with Crippen LogP contribution in [0.25, 0.3) is 0 Å². The molecule has 2 aromatic rings. The molecule has 0 saturated heterocycles. The number of methoxy groups -OCH3 is 1. The van der Waals surface area contributed by atoms with Gasteiger partial charge in [0.2, 0.25) is 0 Å². The Hall–Kier alpha value is -3.02. The number of anilines is 1. The first-order valence-corrected chi connectivity index (χ1v) is 7.55. The van der Waals surface area contributed by atoms with Gasteiger partial charge in [-0.1, -0.05) is 19.1 Å². The van der Waals surface area contributed by atoms with E-state index in [9.17, 15) is 9.90 Å². The number of hydrogen-bond donors (Lipinski definition) is 1. The van der Waals surface area contributed by atoms with E-state index in [4.69, 9.17) is 9.47 Å². The van der Waals surface area contributed by atoms with Crippen molar-refractivity contribution >= 4 is 17.9 Å². The second-order valence-electron chi connectivity index (χ2n) is 5.00. The van der Waals surface area contributed by atoms with Crippen molar-refractivity contribution in [3.05, 3.63) is 53.6 Å². The van der Waals surface area contributed by atoms with Crippen molar-refractivity contribution < 1.29 is 19.4 Å². The quantitative estimate of drug-likeness (QED) is 0.594. The Kier molecular flexibility index (Phi) is 6.19. The second kappa shape index (κ2) is 8.57. The molecule has 1 N–H and O–H groups in total. The fourth-order valence-electron chi connectivity index (χ4n) is 1.99. The van der Waals surface area contributed by atoms with Crippen LogP contribution in [0.5, 0.6) is 11.5 Å². The van der Waals surface area contributed by atoms with Crippen LogP contribution in [0.1, 0.15) is 29.3 Å². The molecule has 0 aliphatic carbocycles. The summed E-state index contributed by atoms with van der Waals surface area (Å²) in [7, 11) is 1.58. The predicted octanol–water partition coefficient (Wildman–Crippen LogP) is 2.29. The Balaban J connectivity index is 2.06. The van der Waals surface area contributed by atoms with Gasteiger partial charge in [0.25, 0.3) is 0 Å². The molecule has 0 fully saturated rings. The number of carboxylic acids is 1. The number of carbonyl (C=O) groups is 1. The van der Waals surface area contributed by atoms with Gasteiger partial charge in [-0.25, -0.2) is 0 Å². The van der Waals surface area contributed by atoms with E-state index in [0.29, 0.717) is 23.8 Å². The third-order valence-corrected chi connectivity index (χ3v) is 3.15. The summed E-state index contributed by atoms with van der Waals surface area (Å²) in [6.07, 6.45) is 2.53. The number of rotatable bonds is 8. The van der Waals surface area contributed by atoms with Gasteiger partial charge in [-0.3, -0.25) is 5.43 Å². The molecule has 6 nitrogen and oxygen atoms in total. The number of ether oxygens (including phenoxy) is 2. The van der Waals surface area contributed by atoms with Crippen LogP contribution in [0.3, 0.4) is 0 Å². The highest BCUT2D eigenvalue weighted by atomic mass is 16.5. The van der Waals surface area contributed by atoms with Gasteiger partial charge in [0.1, 0.15) is 0 Å². The van der Waals surface area contributed by atoms with E-state index in [1.165, 1.54) is 12.1 Å². The first-order chi connectivity index (χ1) is 11.6. The molecule has 0 amide bonds. The number of carboxylic acid groups (broad SMARTS) is 1. The maximum atomic E-state index is 10.8. The summed E-state index contributed by atoms with van der Waals surface area (Å²) in [5.41, 5.74) is 4.25. The van der Waals surface area contributed by atoms with Gasteiger partial charge in [0.15, 0.2) is 11.5 Å². The van der Waals surface area contributed by atoms with Crippen LogP contribution in [0, 0.1) is 0 Å². The highest BCUT2D eigenvalue weighted by Gasteiger charge is 2.04. The summed E-state index contributed by atoms with van der Waals surface area (Å²) in [6.45, 7) is 2.66. The van der Waals surface area contributed by atoms with Gasteiger partial charge < -0.3 is 19.4 Å². The number of nitrogens with one attached hydrogen (secondary N) is 1. The van der Waals surface area contributed by atoms with Gasteiger partial charge in [-0.05, 0) is 47.9 Å². The summed E-state index contributed by atoms with van der Waals surface area (Å²) in [4.78, 5) is 10.8. The van der Waals surface area contributed by atoms with Crippen LogP contribution in [-0.4, -0.2) is 25.9 Å². The van der Waals surface area contributed by atoms with Gasteiger partial charge in [0, 0.05) is 0 Å². The number of hydrazone groups is 1. The summed E-state index contributed by atoms with van der Waals surface area (Å²) in [6, 6.07) is 11.7. The molecule has 24 heavy (non-hydrogen) atoms. The number of aromatic carboxylic acids is 1. The average Bonchev–Trinajstić information content (AvgIpc) is 2.60. The predicted molar refractivity (Wildman–Crippen MR) is 90.8 cm³/mol. The van der Waals surface area contributed by atoms with E-state index in [-0.39, 0.29) is 5.56 Å². The van der Waals surface area contributed by atoms with Crippen LogP contribution in [-0.2, 0) is 0 Å². The van der Waals surface area contributed by atoms with Gasteiger partial charge in [-0.2, -0.15) is 5.10 Å². The lowest BCUT2D eigenvalue weighted by Crippen LogP contribution is -2.22. The highest BCUT2D eigenvalue weighted by molar-refractivity contribution is 5.87. The summed E-state index contributed by atoms with van der Waals surface area (Å²) in [5, 5.41) is 14.9. The van der Waals surface area contributed by atoms with Gasteiger partial charge >= 0.3 is 0 Å². The normalized spacial score (nSPS) is 10.6. The third-order valence-electron chi connectivity index (χ3n) is 3.15. The average molecular weight is 327 g/mol. The van der Waals surface area contributed by atoms with Crippen molar-refractivity contribution in [3.8, 4) is 11.5 Å². The molecule has 0 aliphatic heterocycles. The minimum absolute atomic E-state index is 0.0919. The van der Waals surface area contributed by atoms with Crippen LogP contribution < -0.4 is 20.0 Å². The van der Waals surface area contributed by atoms with E-state index >= 15 is 0 Å². The maximum absolute atomic E-state index is 10.8. The topological polar surface area (TPSA) is 83.0 Å². The van der Waals surface area contributed by atoms with E-state index in [1.54, 1.807) is 25.5 Å². The molecule has 126 valence electrons. The van der Waals surface area contributed by atoms with E-state index in [1.807, 2.05) is 25.1 Å².